The van der Waals surface area contributed by atoms with Crippen LogP contribution in [0.4, 0.5) is 5.82 Å². The van der Waals surface area contributed by atoms with Gasteiger partial charge in [-0.1, -0.05) is 11.6 Å². The fourth-order valence-corrected chi connectivity index (χ4v) is 3.01. The number of carbonyl (C=O) groups excluding carboxylic acids is 3. The standard InChI is InChI=1S/C15H14ClN3O6S/c1-19-13(17)12(14(23)18-15(19)24)8(21)6-25-11(22)5-2-7(20)9-3-4-10(16)26-9/h3-4H,2,5-6,17H2,1H3,(H,18,23,24). The Bertz CT molecular complexity index is 990. The van der Waals surface area contributed by atoms with Gasteiger partial charge >= 0.3 is 11.7 Å². The lowest BCUT2D eigenvalue weighted by Crippen LogP contribution is -2.35. The maximum Gasteiger partial charge on any atom is 0.329 e. The van der Waals surface area contributed by atoms with Crippen molar-refractivity contribution >= 4 is 46.3 Å². The lowest BCUT2D eigenvalue weighted by atomic mass is 10.2. The number of aromatic nitrogens is 2. The van der Waals surface area contributed by atoms with Crippen LogP contribution in [0.15, 0.2) is 21.7 Å². The Morgan fingerprint density at radius 2 is 1.92 bits per heavy atom. The van der Waals surface area contributed by atoms with Crippen molar-refractivity contribution in [2.24, 2.45) is 7.05 Å². The highest BCUT2D eigenvalue weighted by atomic mass is 35.5. The number of ketones is 2. The van der Waals surface area contributed by atoms with E-state index < -0.39 is 35.2 Å². The Hall–Kier alpha value is -2.72. The van der Waals surface area contributed by atoms with Gasteiger partial charge in [-0.15, -0.1) is 11.3 Å². The molecule has 0 fully saturated rings. The molecule has 9 nitrogen and oxygen atoms in total. The van der Waals surface area contributed by atoms with Gasteiger partial charge in [-0.25, -0.2) is 4.79 Å². The molecular formula is C15H14ClN3O6S. The van der Waals surface area contributed by atoms with Crippen molar-refractivity contribution in [3.63, 3.8) is 0 Å². The van der Waals surface area contributed by atoms with E-state index in [4.69, 9.17) is 22.1 Å². The summed E-state index contributed by atoms with van der Waals surface area (Å²) in [5.41, 5.74) is 3.38. The van der Waals surface area contributed by atoms with E-state index >= 15 is 0 Å². The molecule has 0 unspecified atom stereocenters. The molecule has 26 heavy (non-hydrogen) atoms. The summed E-state index contributed by atoms with van der Waals surface area (Å²) in [6, 6.07) is 3.13. The first-order chi connectivity index (χ1) is 12.2. The van der Waals surface area contributed by atoms with Crippen molar-refractivity contribution in [1.82, 2.24) is 9.55 Å². The van der Waals surface area contributed by atoms with Crippen LogP contribution in [0.5, 0.6) is 0 Å². The van der Waals surface area contributed by atoms with E-state index in [0.29, 0.717) is 9.21 Å². The summed E-state index contributed by atoms with van der Waals surface area (Å²) in [6.45, 7) is -0.733. The molecule has 0 aliphatic rings. The highest BCUT2D eigenvalue weighted by Gasteiger charge is 2.20. The van der Waals surface area contributed by atoms with E-state index in [0.717, 1.165) is 15.9 Å². The molecule has 0 bridgehead atoms. The van der Waals surface area contributed by atoms with Crippen molar-refractivity contribution in [3.8, 4) is 0 Å². The zero-order valence-electron chi connectivity index (χ0n) is 13.5. The van der Waals surface area contributed by atoms with Gasteiger partial charge in [-0.3, -0.25) is 28.7 Å². The van der Waals surface area contributed by atoms with Crippen molar-refractivity contribution in [2.75, 3.05) is 12.3 Å². The highest BCUT2D eigenvalue weighted by molar-refractivity contribution is 7.18. The third kappa shape index (κ3) is 4.46. The fraction of sp³-hybridized carbons (Fsp3) is 0.267. The number of H-pyrrole nitrogens is 1. The molecule has 2 rings (SSSR count). The van der Waals surface area contributed by atoms with Gasteiger partial charge in [0.2, 0.25) is 5.78 Å². The van der Waals surface area contributed by atoms with Crippen LogP contribution in [-0.2, 0) is 16.6 Å². The SMILES string of the molecule is Cn1c(N)c(C(=O)COC(=O)CCC(=O)c2ccc(Cl)s2)c(=O)[nH]c1=O. The van der Waals surface area contributed by atoms with Crippen LogP contribution in [-0.4, -0.2) is 33.7 Å². The average Bonchev–Trinajstić information content (AvgIpc) is 3.02. The molecule has 0 atom stereocenters. The van der Waals surface area contributed by atoms with E-state index in [2.05, 4.69) is 0 Å². The normalized spacial score (nSPS) is 10.5. The average molecular weight is 400 g/mol. The van der Waals surface area contributed by atoms with Gasteiger partial charge in [-0.2, -0.15) is 0 Å². The summed E-state index contributed by atoms with van der Waals surface area (Å²) >= 11 is 6.83. The van der Waals surface area contributed by atoms with Gasteiger partial charge in [0.05, 0.1) is 15.6 Å². The number of halogens is 1. The number of hydrogen-bond donors (Lipinski definition) is 2. The molecule has 0 aromatic carbocycles. The first-order valence-corrected chi connectivity index (χ1v) is 8.46. The predicted octanol–water partition coefficient (Wildman–Crippen LogP) is 0.760. The van der Waals surface area contributed by atoms with Crippen LogP contribution in [0.1, 0.15) is 32.9 Å². The smallest absolute Gasteiger partial charge is 0.329 e. The molecule has 0 saturated carbocycles. The Labute approximate surface area is 155 Å². The van der Waals surface area contributed by atoms with Gasteiger partial charge in [0, 0.05) is 13.5 Å². The lowest BCUT2D eigenvalue weighted by molar-refractivity contribution is -0.142. The number of ether oxygens (including phenoxy) is 1. The van der Waals surface area contributed by atoms with Crippen molar-refractivity contribution in [1.29, 1.82) is 0 Å². The highest BCUT2D eigenvalue weighted by Crippen LogP contribution is 2.22. The van der Waals surface area contributed by atoms with Gasteiger partial charge in [0.15, 0.2) is 12.4 Å². The number of carbonyl (C=O) groups is 3. The maximum absolute atomic E-state index is 12.0. The summed E-state index contributed by atoms with van der Waals surface area (Å²) in [7, 11) is 1.28. The number of nitrogen functional groups attached to an aromatic ring is 1. The summed E-state index contributed by atoms with van der Waals surface area (Å²) < 4.78 is 6.12. The number of aromatic amines is 1. The number of rotatable bonds is 7. The van der Waals surface area contributed by atoms with Crippen LogP contribution < -0.4 is 17.0 Å². The molecule has 3 N–H and O–H groups in total. The second-order valence-corrected chi connectivity index (χ2v) is 6.90. The predicted molar refractivity (Wildman–Crippen MR) is 94.9 cm³/mol. The molecule has 0 saturated heterocycles. The first-order valence-electron chi connectivity index (χ1n) is 7.27. The van der Waals surface area contributed by atoms with Crippen LogP contribution in [0.3, 0.4) is 0 Å². The maximum atomic E-state index is 12.0. The number of nitrogens with two attached hydrogens (primary N) is 1. The molecule has 2 aromatic rings. The van der Waals surface area contributed by atoms with E-state index in [1.54, 1.807) is 12.1 Å². The third-order valence-corrected chi connectivity index (χ3v) is 4.69. The minimum Gasteiger partial charge on any atom is -0.457 e. The van der Waals surface area contributed by atoms with Crippen LogP contribution in [0.25, 0.3) is 0 Å². The minimum atomic E-state index is -0.962. The Kier molecular flexibility index (Phi) is 6.11. The number of Topliss-reactive ketones (excluding diaryl/α,β-unsaturated/α-hetero) is 2. The lowest BCUT2D eigenvalue weighted by Gasteiger charge is -2.08. The Morgan fingerprint density at radius 1 is 1.23 bits per heavy atom. The summed E-state index contributed by atoms with van der Waals surface area (Å²) in [5, 5.41) is 0. The Morgan fingerprint density at radius 3 is 2.54 bits per heavy atom. The topological polar surface area (TPSA) is 141 Å². The van der Waals surface area contributed by atoms with E-state index in [1.807, 2.05) is 4.98 Å². The van der Waals surface area contributed by atoms with Gasteiger partial charge in [0.1, 0.15) is 11.4 Å². The minimum absolute atomic E-state index is 0.105. The number of thiophene rings is 1. The van der Waals surface area contributed by atoms with E-state index in [9.17, 15) is 24.0 Å². The van der Waals surface area contributed by atoms with Crippen LogP contribution in [0.2, 0.25) is 4.34 Å². The molecule has 0 aliphatic carbocycles. The molecule has 0 radical (unpaired) electrons. The fourth-order valence-electron chi connectivity index (χ4n) is 2.00. The van der Waals surface area contributed by atoms with Gasteiger partial charge in [-0.05, 0) is 12.1 Å². The third-order valence-electron chi connectivity index (χ3n) is 3.42. The van der Waals surface area contributed by atoms with E-state index in [-0.39, 0.29) is 24.4 Å². The quantitative estimate of drug-likeness (QED) is 0.517. The number of esters is 1. The number of hydrogen-bond acceptors (Lipinski definition) is 8. The second-order valence-electron chi connectivity index (χ2n) is 5.19. The Balaban J connectivity index is 1.92. The number of nitrogens with zero attached hydrogens (tertiary/aromatic N) is 1. The molecule has 2 heterocycles. The molecule has 0 amide bonds. The number of nitrogens with one attached hydrogen (secondary N) is 1. The van der Waals surface area contributed by atoms with Gasteiger partial charge < -0.3 is 10.5 Å². The van der Waals surface area contributed by atoms with Crippen molar-refractivity contribution < 1.29 is 19.1 Å². The zero-order chi connectivity index (χ0) is 19.4. The molecule has 0 spiro atoms. The largest absolute Gasteiger partial charge is 0.457 e. The summed E-state index contributed by atoms with van der Waals surface area (Å²) in [4.78, 5) is 61.0. The first kappa shape index (κ1) is 19.6. The zero-order valence-corrected chi connectivity index (χ0v) is 15.1. The van der Waals surface area contributed by atoms with Crippen LogP contribution in [0, 0.1) is 0 Å². The molecule has 138 valence electrons. The molecule has 2 aromatic heterocycles. The van der Waals surface area contributed by atoms with E-state index in [1.165, 1.54) is 7.05 Å². The van der Waals surface area contributed by atoms with Gasteiger partial charge in [0.25, 0.3) is 5.56 Å². The number of anilines is 1. The molecular weight excluding hydrogens is 386 g/mol. The second kappa shape index (κ2) is 8.11. The molecule has 0 aliphatic heterocycles. The summed E-state index contributed by atoms with van der Waals surface area (Å²) in [5.74, 6) is -2.24. The van der Waals surface area contributed by atoms with Crippen LogP contribution >= 0.6 is 22.9 Å². The summed E-state index contributed by atoms with van der Waals surface area (Å²) in [6.07, 6.45) is -0.340. The molecule has 11 heteroatoms. The van der Waals surface area contributed by atoms with Crippen molar-refractivity contribution in [2.45, 2.75) is 12.8 Å². The van der Waals surface area contributed by atoms with Crippen molar-refractivity contribution in [3.05, 3.63) is 47.7 Å². The monoisotopic (exact) mass is 399 g/mol.